The van der Waals surface area contributed by atoms with Gasteiger partial charge in [0.1, 0.15) is 5.15 Å². The lowest BCUT2D eigenvalue weighted by Crippen LogP contribution is -2.30. The predicted molar refractivity (Wildman–Crippen MR) is 59.6 cm³/mol. The number of amides is 1. The van der Waals surface area contributed by atoms with E-state index in [0.717, 1.165) is 16.8 Å². The number of rotatable bonds is 2. The molecule has 2 N–H and O–H groups in total. The topological polar surface area (TPSA) is 96.6 Å². The van der Waals surface area contributed by atoms with Crippen molar-refractivity contribution in [1.29, 1.82) is 0 Å². The Morgan fingerprint density at radius 3 is 2.60 bits per heavy atom. The van der Waals surface area contributed by atoms with Gasteiger partial charge in [-0.05, 0) is 0 Å². The molecule has 0 aliphatic carbocycles. The van der Waals surface area contributed by atoms with Gasteiger partial charge in [-0.1, -0.05) is 11.6 Å². The monoisotopic (exact) mass is 308 g/mol. The van der Waals surface area contributed by atoms with Gasteiger partial charge in [-0.25, -0.2) is 14.8 Å². The third-order valence-corrected chi connectivity index (χ3v) is 2.35. The summed E-state index contributed by atoms with van der Waals surface area (Å²) in [6, 6.07) is 0. The number of nitrogens with zero attached hydrogens (tertiary/aromatic N) is 3. The second-order valence-corrected chi connectivity index (χ2v) is 3.89. The van der Waals surface area contributed by atoms with Crippen LogP contribution >= 0.6 is 11.6 Å². The van der Waals surface area contributed by atoms with Crippen molar-refractivity contribution in [1.82, 2.24) is 14.4 Å². The zero-order valence-electron chi connectivity index (χ0n) is 9.27. The lowest BCUT2D eigenvalue weighted by atomic mass is 10.5. The molecule has 0 spiro atoms. The first-order valence-electron chi connectivity index (χ1n) is 4.85. The van der Waals surface area contributed by atoms with E-state index < -0.39 is 23.9 Å². The molecular formula is C9H4ClF3N4O3. The molecule has 2 aromatic heterocycles. The molecule has 0 aliphatic rings. The van der Waals surface area contributed by atoms with Crippen LogP contribution in [0.3, 0.4) is 0 Å². The Morgan fingerprint density at radius 2 is 2.05 bits per heavy atom. The Hall–Kier alpha value is -2.36. The molecule has 0 bridgehead atoms. The Bertz CT molecular complexity index is 712. The highest BCUT2D eigenvalue weighted by Crippen LogP contribution is 2.22. The van der Waals surface area contributed by atoms with Gasteiger partial charge in [0.25, 0.3) is 0 Å². The van der Waals surface area contributed by atoms with E-state index in [2.05, 4.69) is 9.97 Å². The highest BCUT2D eigenvalue weighted by Gasteiger charge is 2.39. The highest BCUT2D eigenvalue weighted by atomic mass is 35.5. The summed E-state index contributed by atoms with van der Waals surface area (Å²) in [7, 11) is 0. The van der Waals surface area contributed by atoms with Crippen molar-refractivity contribution < 1.29 is 27.9 Å². The highest BCUT2D eigenvalue weighted by molar-refractivity contribution is 6.29. The van der Waals surface area contributed by atoms with Crippen LogP contribution in [0, 0.1) is 0 Å². The molecule has 2 rings (SSSR count). The normalized spacial score (nSPS) is 11.6. The third-order valence-electron chi connectivity index (χ3n) is 2.17. The van der Waals surface area contributed by atoms with E-state index in [1.165, 1.54) is 5.32 Å². The number of carboxylic acid groups (broad SMARTS) is 1. The minimum Gasteiger partial charge on any atom is -0.477 e. The number of imidazole rings is 1. The summed E-state index contributed by atoms with van der Waals surface area (Å²) in [4.78, 5) is 28.8. The number of fused-ring (bicyclic) bond motifs is 1. The first-order chi connectivity index (χ1) is 9.20. The van der Waals surface area contributed by atoms with Crippen molar-refractivity contribution in [2.45, 2.75) is 6.18 Å². The Kier molecular flexibility index (Phi) is 3.26. The standard InChI is InChI=1S/C9H4ClF3N4O3/c10-4-2-17-3(7(18)19)1-14-6(17)5(15-4)16-8(20)9(11,12)13/h1-2H,(H,18,19)(H,15,16,20). The minimum atomic E-state index is -5.12. The molecule has 1 amide bonds. The van der Waals surface area contributed by atoms with Crippen LogP contribution in [-0.4, -0.2) is 37.5 Å². The molecule has 2 aromatic rings. The van der Waals surface area contributed by atoms with Crippen LogP contribution in [0.2, 0.25) is 5.15 Å². The molecule has 7 nitrogen and oxygen atoms in total. The number of halogens is 4. The molecule has 0 saturated carbocycles. The molecule has 0 radical (unpaired) electrons. The van der Waals surface area contributed by atoms with Crippen molar-refractivity contribution in [3.63, 3.8) is 0 Å². The van der Waals surface area contributed by atoms with E-state index in [-0.39, 0.29) is 16.5 Å². The first kappa shape index (κ1) is 14.1. The van der Waals surface area contributed by atoms with E-state index in [4.69, 9.17) is 16.7 Å². The van der Waals surface area contributed by atoms with Gasteiger partial charge >= 0.3 is 18.1 Å². The number of nitrogens with one attached hydrogen (secondary N) is 1. The van der Waals surface area contributed by atoms with Crippen LogP contribution in [0.15, 0.2) is 12.4 Å². The molecule has 0 saturated heterocycles. The smallest absolute Gasteiger partial charge is 0.471 e. The number of alkyl halides is 3. The summed E-state index contributed by atoms with van der Waals surface area (Å²) in [5.41, 5.74) is -0.615. The van der Waals surface area contributed by atoms with Crippen molar-refractivity contribution in [2.75, 3.05) is 5.32 Å². The molecular weight excluding hydrogens is 305 g/mol. The molecule has 106 valence electrons. The zero-order chi connectivity index (χ0) is 15.1. The van der Waals surface area contributed by atoms with E-state index in [9.17, 15) is 22.8 Å². The number of hydrogen-bond donors (Lipinski definition) is 2. The van der Waals surface area contributed by atoms with Crippen LogP contribution in [0.4, 0.5) is 19.0 Å². The van der Waals surface area contributed by atoms with Gasteiger partial charge in [0.2, 0.25) is 0 Å². The fourth-order valence-corrected chi connectivity index (χ4v) is 1.56. The second kappa shape index (κ2) is 4.63. The van der Waals surface area contributed by atoms with Crippen LogP contribution in [0.25, 0.3) is 5.65 Å². The van der Waals surface area contributed by atoms with Crippen LogP contribution in [0.5, 0.6) is 0 Å². The number of aromatic nitrogens is 3. The summed E-state index contributed by atoms with van der Waals surface area (Å²) in [6.45, 7) is 0. The molecule has 11 heteroatoms. The fourth-order valence-electron chi connectivity index (χ4n) is 1.38. The number of hydrogen-bond acceptors (Lipinski definition) is 4. The summed E-state index contributed by atoms with van der Waals surface area (Å²) in [5, 5.41) is 10.0. The summed E-state index contributed by atoms with van der Waals surface area (Å²) >= 11 is 5.57. The molecule has 2 heterocycles. The predicted octanol–water partition coefficient (Wildman–Crippen LogP) is 1.58. The average Bonchev–Trinajstić information content (AvgIpc) is 2.71. The van der Waals surface area contributed by atoms with Gasteiger partial charge in [-0.3, -0.25) is 14.5 Å². The molecule has 0 aromatic carbocycles. The van der Waals surface area contributed by atoms with Gasteiger partial charge in [-0.15, -0.1) is 0 Å². The Morgan fingerprint density at radius 1 is 1.40 bits per heavy atom. The van der Waals surface area contributed by atoms with Crippen LogP contribution < -0.4 is 5.32 Å². The largest absolute Gasteiger partial charge is 0.477 e. The van der Waals surface area contributed by atoms with Crippen molar-refractivity contribution >= 4 is 34.9 Å². The first-order valence-corrected chi connectivity index (χ1v) is 5.23. The average molecular weight is 309 g/mol. The lowest BCUT2D eigenvalue weighted by molar-refractivity contribution is -0.167. The van der Waals surface area contributed by atoms with E-state index in [1.807, 2.05) is 0 Å². The number of aromatic carboxylic acids is 1. The quantitative estimate of drug-likeness (QED) is 0.878. The van der Waals surface area contributed by atoms with E-state index in [0.29, 0.717) is 0 Å². The Balaban J connectivity index is 2.54. The summed E-state index contributed by atoms with van der Waals surface area (Å²) in [5.74, 6) is -4.23. The zero-order valence-corrected chi connectivity index (χ0v) is 10.0. The SMILES string of the molecule is O=C(O)c1cnc2c(NC(=O)C(F)(F)F)nc(Cl)cn12. The van der Waals surface area contributed by atoms with Gasteiger partial charge in [0.05, 0.1) is 6.20 Å². The molecule has 0 fully saturated rings. The minimum absolute atomic E-state index is 0.274. The lowest BCUT2D eigenvalue weighted by Gasteiger charge is -2.08. The van der Waals surface area contributed by atoms with Gasteiger partial charge in [-0.2, -0.15) is 13.2 Å². The molecule has 0 unspecified atom stereocenters. The van der Waals surface area contributed by atoms with Crippen LogP contribution in [0.1, 0.15) is 10.5 Å². The van der Waals surface area contributed by atoms with Crippen molar-refractivity contribution in [3.05, 3.63) is 23.2 Å². The summed E-state index contributed by atoms with van der Waals surface area (Å²) in [6.07, 6.45) is -3.17. The molecule has 20 heavy (non-hydrogen) atoms. The second-order valence-electron chi connectivity index (χ2n) is 3.51. The van der Waals surface area contributed by atoms with Gasteiger partial charge < -0.3 is 5.11 Å². The Labute approximate surface area is 113 Å². The van der Waals surface area contributed by atoms with Crippen molar-refractivity contribution in [3.8, 4) is 0 Å². The molecule has 0 aliphatic heterocycles. The van der Waals surface area contributed by atoms with E-state index in [1.54, 1.807) is 0 Å². The number of anilines is 1. The van der Waals surface area contributed by atoms with Crippen molar-refractivity contribution in [2.24, 2.45) is 0 Å². The number of carbonyl (C=O) groups is 2. The van der Waals surface area contributed by atoms with E-state index >= 15 is 0 Å². The number of carbonyl (C=O) groups excluding carboxylic acids is 1. The maximum atomic E-state index is 12.2. The molecule has 0 atom stereocenters. The third kappa shape index (κ3) is 2.50. The van der Waals surface area contributed by atoms with Gasteiger partial charge in [0, 0.05) is 6.20 Å². The maximum absolute atomic E-state index is 12.2. The number of carboxylic acids is 1. The van der Waals surface area contributed by atoms with Crippen LogP contribution in [-0.2, 0) is 4.79 Å². The fraction of sp³-hybridized carbons (Fsp3) is 0.111. The maximum Gasteiger partial charge on any atom is 0.471 e. The summed E-state index contributed by atoms with van der Waals surface area (Å²) < 4.78 is 37.4. The van der Waals surface area contributed by atoms with Gasteiger partial charge in [0.15, 0.2) is 17.2 Å².